The number of aryl methyl sites for hydroxylation is 1. The molecular weight excluding hydrogens is 266 g/mol. The zero-order chi connectivity index (χ0) is 15.4. The molecule has 0 aliphatic heterocycles. The van der Waals surface area contributed by atoms with Crippen molar-refractivity contribution in [3.63, 3.8) is 0 Å². The van der Waals surface area contributed by atoms with Gasteiger partial charge in [-0.1, -0.05) is 29.4 Å². The maximum absolute atomic E-state index is 12.3. The van der Waals surface area contributed by atoms with Crippen LogP contribution in [0.1, 0.15) is 27.0 Å². The highest BCUT2D eigenvalue weighted by molar-refractivity contribution is 6.06. The Bertz CT molecular complexity index is 708. The number of oxime groups is 1. The van der Waals surface area contributed by atoms with E-state index in [-0.39, 0.29) is 11.7 Å². The number of nitrogens with zero attached hydrogens (tertiary/aromatic N) is 1. The highest BCUT2D eigenvalue weighted by Gasteiger charge is 2.10. The molecule has 0 saturated carbocycles. The molecule has 0 saturated heterocycles. The fourth-order valence-corrected chi connectivity index (χ4v) is 1.96. The average molecular weight is 283 g/mol. The molecule has 0 spiro atoms. The second kappa shape index (κ2) is 6.09. The molecule has 1 amide bonds. The first-order valence-electron chi connectivity index (χ1n) is 6.48. The summed E-state index contributed by atoms with van der Waals surface area (Å²) in [6, 6.07) is 12.3. The van der Waals surface area contributed by atoms with Crippen molar-refractivity contribution in [1.82, 2.24) is 0 Å². The van der Waals surface area contributed by atoms with Crippen molar-refractivity contribution < 1.29 is 10.0 Å². The van der Waals surface area contributed by atoms with E-state index in [1.165, 1.54) is 0 Å². The minimum atomic E-state index is -0.240. The third-order valence-corrected chi connectivity index (χ3v) is 3.38. The molecule has 0 aliphatic carbocycles. The standard InChI is InChI=1S/C16H17N3O2/c1-10-5-3-8-14(11(10)2)18-16(20)13-7-4-6-12(9-13)15(17)19-21/h3-9,21H,1-2H3,(H2,17,19)(H,18,20). The molecule has 21 heavy (non-hydrogen) atoms. The normalized spacial score (nSPS) is 11.2. The van der Waals surface area contributed by atoms with Crippen LogP contribution in [0.4, 0.5) is 5.69 Å². The summed E-state index contributed by atoms with van der Waals surface area (Å²) in [6.07, 6.45) is 0. The third kappa shape index (κ3) is 3.20. The molecule has 0 atom stereocenters. The van der Waals surface area contributed by atoms with E-state index in [2.05, 4.69) is 10.5 Å². The number of nitrogens with one attached hydrogen (secondary N) is 1. The Hall–Kier alpha value is -2.82. The van der Waals surface area contributed by atoms with Crippen LogP contribution in [0.5, 0.6) is 0 Å². The molecule has 5 nitrogen and oxygen atoms in total. The summed E-state index contributed by atoms with van der Waals surface area (Å²) in [5, 5.41) is 14.5. The number of hydrogen-bond donors (Lipinski definition) is 3. The van der Waals surface area contributed by atoms with Gasteiger partial charge in [-0.2, -0.15) is 0 Å². The molecule has 108 valence electrons. The highest BCUT2D eigenvalue weighted by Crippen LogP contribution is 2.19. The molecule has 0 fully saturated rings. The first-order valence-corrected chi connectivity index (χ1v) is 6.48. The summed E-state index contributed by atoms with van der Waals surface area (Å²) in [7, 11) is 0. The van der Waals surface area contributed by atoms with Gasteiger partial charge in [0.25, 0.3) is 5.91 Å². The molecule has 2 aromatic rings. The van der Waals surface area contributed by atoms with Gasteiger partial charge in [0.1, 0.15) is 0 Å². The van der Waals surface area contributed by atoms with Crippen molar-refractivity contribution in [1.29, 1.82) is 0 Å². The van der Waals surface area contributed by atoms with Crippen LogP contribution >= 0.6 is 0 Å². The maximum atomic E-state index is 12.3. The quantitative estimate of drug-likeness (QED) is 0.350. The first-order chi connectivity index (χ1) is 10.0. The molecule has 2 aromatic carbocycles. The van der Waals surface area contributed by atoms with Crippen LogP contribution < -0.4 is 11.1 Å². The summed E-state index contributed by atoms with van der Waals surface area (Å²) < 4.78 is 0. The number of amidine groups is 1. The second-order valence-electron chi connectivity index (χ2n) is 4.77. The summed E-state index contributed by atoms with van der Waals surface area (Å²) >= 11 is 0. The van der Waals surface area contributed by atoms with Crippen molar-refractivity contribution in [2.24, 2.45) is 10.9 Å². The molecule has 0 heterocycles. The molecule has 5 heteroatoms. The smallest absolute Gasteiger partial charge is 0.255 e. The van der Waals surface area contributed by atoms with Gasteiger partial charge < -0.3 is 16.3 Å². The van der Waals surface area contributed by atoms with Crippen LogP contribution in [0.2, 0.25) is 0 Å². The monoisotopic (exact) mass is 283 g/mol. The van der Waals surface area contributed by atoms with Gasteiger partial charge in [-0.15, -0.1) is 0 Å². The Morgan fingerprint density at radius 2 is 1.81 bits per heavy atom. The van der Waals surface area contributed by atoms with Crippen molar-refractivity contribution in [3.8, 4) is 0 Å². The van der Waals surface area contributed by atoms with E-state index in [9.17, 15) is 4.79 Å². The summed E-state index contributed by atoms with van der Waals surface area (Å²) in [6.45, 7) is 3.95. The molecule has 0 bridgehead atoms. The van der Waals surface area contributed by atoms with Gasteiger partial charge in [-0.3, -0.25) is 4.79 Å². The van der Waals surface area contributed by atoms with Crippen molar-refractivity contribution in [2.45, 2.75) is 13.8 Å². The van der Waals surface area contributed by atoms with E-state index in [4.69, 9.17) is 10.9 Å². The lowest BCUT2D eigenvalue weighted by Crippen LogP contribution is -2.16. The lowest BCUT2D eigenvalue weighted by atomic mass is 10.1. The van der Waals surface area contributed by atoms with Gasteiger partial charge in [-0.05, 0) is 43.2 Å². The Kier molecular flexibility index (Phi) is 4.23. The van der Waals surface area contributed by atoms with Gasteiger partial charge in [0, 0.05) is 16.8 Å². The summed E-state index contributed by atoms with van der Waals surface area (Å²) in [4.78, 5) is 12.3. The largest absolute Gasteiger partial charge is 0.409 e. The molecule has 0 aromatic heterocycles. The Morgan fingerprint density at radius 3 is 2.52 bits per heavy atom. The lowest BCUT2D eigenvalue weighted by Gasteiger charge is -2.11. The van der Waals surface area contributed by atoms with Gasteiger partial charge in [0.05, 0.1) is 0 Å². The number of carbonyl (C=O) groups excluding carboxylic acids is 1. The predicted octanol–water partition coefficient (Wildman–Crippen LogP) is 2.65. The topological polar surface area (TPSA) is 87.7 Å². The van der Waals surface area contributed by atoms with Crippen molar-refractivity contribution in [3.05, 3.63) is 64.7 Å². The molecule has 4 N–H and O–H groups in total. The first kappa shape index (κ1) is 14.6. The Balaban J connectivity index is 2.27. The minimum Gasteiger partial charge on any atom is -0.409 e. The van der Waals surface area contributed by atoms with Crippen LogP contribution in [0.3, 0.4) is 0 Å². The van der Waals surface area contributed by atoms with Gasteiger partial charge in [0.2, 0.25) is 0 Å². The van der Waals surface area contributed by atoms with Gasteiger partial charge in [-0.25, -0.2) is 0 Å². The van der Waals surface area contributed by atoms with Crippen LogP contribution in [0.25, 0.3) is 0 Å². The van der Waals surface area contributed by atoms with E-state index in [0.717, 1.165) is 16.8 Å². The van der Waals surface area contributed by atoms with Crippen LogP contribution in [-0.4, -0.2) is 17.0 Å². The molecule has 0 unspecified atom stereocenters. The minimum absolute atomic E-state index is 0.0311. The van der Waals surface area contributed by atoms with Gasteiger partial charge >= 0.3 is 0 Å². The fourth-order valence-electron chi connectivity index (χ4n) is 1.96. The summed E-state index contributed by atoms with van der Waals surface area (Å²) in [5.74, 6) is -0.271. The zero-order valence-electron chi connectivity index (χ0n) is 11.9. The molecule has 0 aliphatic rings. The predicted molar refractivity (Wildman–Crippen MR) is 82.8 cm³/mol. The maximum Gasteiger partial charge on any atom is 0.255 e. The van der Waals surface area contributed by atoms with E-state index < -0.39 is 0 Å². The molecular formula is C16H17N3O2. The fraction of sp³-hybridized carbons (Fsp3) is 0.125. The van der Waals surface area contributed by atoms with Crippen LogP contribution in [0, 0.1) is 13.8 Å². The number of benzene rings is 2. The number of hydrogen-bond acceptors (Lipinski definition) is 3. The highest BCUT2D eigenvalue weighted by atomic mass is 16.4. The van der Waals surface area contributed by atoms with Crippen molar-refractivity contribution in [2.75, 3.05) is 5.32 Å². The lowest BCUT2D eigenvalue weighted by molar-refractivity contribution is 0.102. The average Bonchev–Trinajstić information content (AvgIpc) is 2.51. The zero-order valence-corrected chi connectivity index (χ0v) is 11.9. The van der Waals surface area contributed by atoms with E-state index in [1.54, 1.807) is 24.3 Å². The number of nitrogens with two attached hydrogens (primary N) is 1. The van der Waals surface area contributed by atoms with E-state index >= 15 is 0 Å². The number of carbonyl (C=O) groups is 1. The van der Waals surface area contributed by atoms with E-state index in [1.807, 2.05) is 32.0 Å². The third-order valence-electron chi connectivity index (χ3n) is 3.38. The van der Waals surface area contributed by atoms with E-state index in [0.29, 0.717) is 11.1 Å². The second-order valence-corrected chi connectivity index (χ2v) is 4.77. The Morgan fingerprint density at radius 1 is 1.14 bits per heavy atom. The number of rotatable bonds is 3. The Labute approximate surface area is 123 Å². The molecule has 0 radical (unpaired) electrons. The SMILES string of the molecule is Cc1cccc(NC(=O)c2cccc(/C(N)=N/O)c2)c1C. The number of anilines is 1. The van der Waals surface area contributed by atoms with Gasteiger partial charge in [0.15, 0.2) is 5.84 Å². The van der Waals surface area contributed by atoms with Crippen LogP contribution in [-0.2, 0) is 0 Å². The van der Waals surface area contributed by atoms with Crippen molar-refractivity contribution >= 4 is 17.4 Å². The van der Waals surface area contributed by atoms with Crippen LogP contribution in [0.15, 0.2) is 47.6 Å². The number of amides is 1. The molecule has 2 rings (SSSR count). The summed E-state index contributed by atoms with van der Waals surface area (Å²) in [5.41, 5.74) is 9.37.